The minimum Gasteiger partial charge on any atom is -0.328 e. The Morgan fingerprint density at radius 2 is 2.06 bits per heavy atom. The van der Waals surface area contributed by atoms with Crippen LogP contribution in [0.3, 0.4) is 0 Å². The van der Waals surface area contributed by atoms with Gasteiger partial charge in [0, 0.05) is 23.5 Å². The van der Waals surface area contributed by atoms with Crippen LogP contribution in [0, 0.1) is 6.92 Å². The molecular formula is C14H13FN2. The fourth-order valence-electron chi connectivity index (χ4n) is 2.46. The van der Waals surface area contributed by atoms with Gasteiger partial charge in [0.15, 0.2) is 0 Å². The van der Waals surface area contributed by atoms with Crippen LogP contribution in [0.15, 0.2) is 30.3 Å². The predicted octanol–water partition coefficient (Wildman–Crippen LogP) is 3.50. The molecule has 0 saturated heterocycles. The molecule has 2 aromatic heterocycles. The minimum absolute atomic E-state index is 0.451. The Labute approximate surface area is 98.7 Å². The number of benzene rings is 1. The van der Waals surface area contributed by atoms with E-state index in [9.17, 15) is 4.39 Å². The van der Waals surface area contributed by atoms with Crippen LogP contribution in [0.1, 0.15) is 11.3 Å². The van der Waals surface area contributed by atoms with Crippen LogP contribution in [0.4, 0.5) is 4.39 Å². The third-order valence-corrected chi connectivity index (χ3v) is 3.21. The molecule has 17 heavy (non-hydrogen) atoms. The lowest BCUT2D eigenvalue weighted by Crippen LogP contribution is -1.93. The molecule has 0 aliphatic heterocycles. The molecule has 86 valence electrons. The van der Waals surface area contributed by atoms with Crippen LogP contribution in [-0.4, -0.2) is 9.55 Å². The highest BCUT2D eigenvalue weighted by Crippen LogP contribution is 2.30. The molecule has 0 bridgehead atoms. The van der Waals surface area contributed by atoms with E-state index in [1.54, 1.807) is 0 Å². The van der Waals surface area contributed by atoms with Crippen molar-refractivity contribution in [3.63, 3.8) is 0 Å². The molecule has 0 atom stereocenters. The summed E-state index contributed by atoms with van der Waals surface area (Å²) in [6.45, 7) is 1.45. The first kappa shape index (κ1) is 10.3. The highest BCUT2D eigenvalue weighted by atomic mass is 19.1. The summed E-state index contributed by atoms with van der Waals surface area (Å²) in [6, 6.07) is 9.85. The van der Waals surface area contributed by atoms with E-state index in [4.69, 9.17) is 0 Å². The summed E-state index contributed by atoms with van der Waals surface area (Å²) in [7, 11) is 1.97. The zero-order valence-corrected chi connectivity index (χ0v) is 9.87. The van der Waals surface area contributed by atoms with Gasteiger partial charge in [-0.2, -0.15) is 0 Å². The van der Waals surface area contributed by atoms with Crippen molar-refractivity contribution in [2.45, 2.75) is 13.6 Å². The molecule has 1 aromatic carbocycles. The monoisotopic (exact) mass is 228 g/mol. The van der Waals surface area contributed by atoms with Crippen molar-refractivity contribution in [1.29, 1.82) is 0 Å². The Morgan fingerprint density at radius 3 is 2.82 bits per heavy atom. The number of hydrogen-bond acceptors (Lipinski definition) is 1. The van der Waals surface area contributed by atoms with Gasteiger partial charge in [-0.3, -0.25) is 0 Å². The van der Waals surface area contributed by atoms with Gasteiger partial charge in [-0.1, -0.05) is 18.2 Å². The van der Waals surface area contributed by atoms with Crippen LogP contribution in [-0.2, 0) is 13.7 Å². The average Bonchev–Trinajstić information content (AvgIpc) is 2.63. The summed E-state index contributed by atoms with van der Waals surface area (Å²) in [4.78, 5) is 4.52. The highest BCUT2D eigenvalue weighted by molar-refractivity contribution is 6.08. The number of nitrogens with zero attached hydrogens (tertiary/aromatic N) is 2. The van der Waals surface area contributed by atoms with Crippen molar-refractivity contribution >= 4 is 21.9 Å². The SMILES string of the molecule is Cc1cc(CF)c2c3ccccc3n(C)c2n1. The summed E-state index contributed by atoms with van der Waals surface area (Å²) in [5.41, 5.74) is 3.54. The van der Waals surface area contributed by atoms with E-state index in [-0.39, 0.29) is 0 Å². The van der Waals surface area contributed by atoms with Crippen molar-refractivity contribution in [1.82, 2.24) is 9.55 Å². The molecule has 0 aliphatic rings. The normalized spacial score (nSPS) is 11.5. The number of alkyl halides is 1. The van der Waals surface area contributed by atoms with E-state index in [1.807, 2.05) is 48.9 Å². The molecule has 2 heterocycles. The molecule has 0 radical (unpaired) electrons. The third-order valence-electron chi connectivity index (χ3n) is 3.21. The Bertz CT molecular complexity index is 713. The quantitative estimate of drug-likeness (QED) is 0.623. The Morgan fingerprint density at radius 1 is 1.29 bits per heavy atom. The first-order valence-electron chi connectivity index (χ1n) is 5.62. The summed E-state index contributed by atoms with van der Waals surface area (Å²) in [5.74, 6) is 0. The van der Waals surface area contributed by atoms with E-state index >= 15 is 0 Å². The van der Waals surface area contributed by atoms with Crippen LogP contribution in [0.25, 0.3) is 21.9 Å². The fourth-order valence-corrected chi connectivity index (χ4v) is 2.46. The third kappa shape index (κ3) is 1.35. The molecule has 0 saturated carbocycles. The van der Waals surface area contributed by atoms with Gasteiger partial charge in [0.1, 0.15) is 12.3 Å². The zero-order chi connectivity index (χ0) is 12.0. The van der Waals surface area contributed by atoms with Crippen LogP contribution in [0.5, 0.6) is 0 Å². The van der Waals surface area contributed by atoms with Gasteiger partial charge in [-0.15, -0.1) is 0 Å². The minimum atomic E-state index is -0.451. The number of pyridine rings is 1. The van der Waals surface area contributed by atoms with Crippen molar-refractivity contribution < 1.29 is 4.39 Å². The van der Waals surface area contributed by atoms with E-state index < -0.39 is 6.67 Å². The first-order valence-corrected chi connectivity index (χ1v) is 5.62. The fraction of sp³-hybridized carbons (Fsp3) is 0.214. The molecule has 3 rings (SSSR count). The maximum atomic E-state index is 13.1. The molecule has 0 N–H and O–H groups in total. The van der Waals surface area contributed by atoms with Crippen molar-refractivity contribution in [2.75, 3.05) is 0 Å². The van der Waals surface area contributed by atoms with E-state index in [2.05, 4.69) is 4.98 Å². The molecule has 0 unspecified atom stereocenters. The zero-order valence-electron chi connectivity index (χ0n) is 9.87. The summed E-state index contributed by atoms with van der Waals surface area (Å²) >= 11 is 0. The number of halogens is 1. The number of hydrogen-bond donors (Lipinski definition) is 0. The van der Waals surface area contributed by atoms with Gasteiger partial charge in [0.05, 0.1) is 5.52 Å². The Kier molecular flexibility index (Phi) is 2.15. The van der Waals surface area contributed by atoms with Gasteiger partial charge < -0.3 is 4.57 Å². The van der Waals surface area contributed by atoms with E-state index in [1.165, 1.54) is 0 Å². The first-order chi connectivity index (χ1) is 8.22. The smallest absolute Gasteiger partial charge is 0.141 e. The van der Waals surface area contributed by atoms with Gasteiger partial charge in [-0.05, 0) is 24.6 Å². The second-order valence-electron chi connectivity index (χ2n) is 4.33. The summed E-state index contributed by atoms with van der Waals surface area (Å²) < 4.78 is 15.2. The van der Waals surface area contributed by atoms with E-state index in [0.29, 0.717) is 0 Å². The maximum absolute atomic E-state index is 13.1. The van der Waals surface area contributed by atoms with Gasteiger partial charge in [0.2, 0.25) is 0 Å². The molecule has 0 amide bonds. The molecule has 3 heteroatoms. The number of fused-ring (bicyclic) bond motifs is 3. The van der Waals surface area contributed by atoms with Crippen molar-refractivity contribution in [3.05, 3.63) is 41.6 Å². The predicted molar refractivity (Wildman–Crippen MR) is 67.8 cm³/mol. The molecule has 0 spiro atoms. The highest BCUT2D eigenvalue weighted by Gasteiger charge is 2.13. The average molecular weight is 228 g/mol. The number of para-hydroxylation sites is 1. The van der Waals surface area contributed by atoms with Crippen LogP contribution >= 0.6 is 0 Å². The lowest BCUT2D eigenvalue weighted by molar-refractivity contribution is 0.487. The van der Waals surface area contributed by atoms with Crippen molar-refractivity contribution in [3.8, 4) is 0 Å². The lowest BCUT2D eigenvalue weighted by Gasteiger charge is -2.01. The number of aryl methyl sites for hydroxylation is 2. The molecule has 0 aliphatic carbocycles. The molecule has 0 fully saturated rings. The van der Waals surface area contributed by atoms with Gasteiger partial charge >= 0.3 is 0 Å². The summed E-state index contributed by atoms with van der Waals surface area (Å²) in [5, 5.41) is 2.02. The Hall–Kier alpha value is -1.90. The topological polar surface area (TPSA) is 17.8 Å². The standard InChI is InChI=1S/C14H13FN2/c1-9-7-10(8-15)13-11-5-3-4-6-12(11)17(2)14(13)16-9/h3-7H,8H2,1-2H3. The second-order valence-corrected chi connectivity index (χ2v) is 4.33. The number of rotatable bonds is 1. The molecular weight excluding hydrogens is 215 g/mol. The van der Waals surface area contributed by atoms with Gasteiger partial charge in [0.25, 0.3) is 0 Å². The van der Waals surface area contributed by atoms with Crippen molar-refractivity contribution in [2.24, 2.45) is 7.05 Å². The molecule has 2 nitrogen and oxygen atoms in total. The van der Waals surface area contributed by atoms with Crippen LogP contribution in [0.2, 0.25) is 0 Å². The lowest BCUT2D eigenvalue weighted by atomic mass is 10.1. The van der Waals surface area contributed by atoms with Crippen LogP contribution < -0.4 is 0 Å². The van der Waals surface area contributed by atoms with Gasteiger partial charge in [-0.25, -0.2) is 9.37 Å². The van der Waals surface area contributed by atoms with E-state index in [0.717, 1.165) is 33.2 Å². The Balaban J connectivity index is 2.62. The number of aromatic nitrogens is 2. The maximum Gasteiger partial charge on any atom is 0.141 e. The second kappa shape index (κ2) is 3.55. The molecule has 3 aromatic rings. The summed E-state index contributed by atoms with van der Waals surface area (Å²) in [6.07, 6.45) is 0. The largest absolute Gasteiger partial charge is 0.328 e.